The fourth-order valence-corrected chi connectivity index (χ4v) is 3.01. The number of imidazole rings is 1. The lowest BCUT2D eigenvalue weighted by Gasteiger charge is -2.24. The highest BCUT2D eigenvalue weighted by Gasteiger charge is 2.15. The lowest BCUT2D eigenvalue weighted by molar-refractivity contribution is -0.122. The molecule has 0 atom stereocenters. The molecule has 1 aromatic heterocycles. The number of aryl methyl sites for hydroxylation is 2. The predicted octanol–water partition coefficient (Wildman–Crippen LogP) is 2.95. The molecule has 7 nitrogen and oxygen atoms in total. The molecule has 7 heteroatoms. The topological polar surface area (TPSA) is 87.8 Å². The standard InChI is InChI=1S/C20H31N3O2.CH2O2/c1-6-25-20-9-16(4)17(10-19(20)15(2)3)12-23(7-8-24)13-18-11-21-14-22(18)5;2-1-3/h9-11,14-15,24H,6-8,12-13H2,1-5H3;1H,(H,2,3). The average Bonchev–Trinajstić information content (AvgIpc) is 3.03. The first-order valence-electron chi connectivity index (χ1n) is 9.50. The van der Waals surface area contributed by atoms with Crippen LogP contribution in [0.5, 0.6) is 5.75 Å². The molecule has 1 heterocycles. The van der Waals surface area contributed by atoms with Crippen LogP contribution in [0.1, 0.15) is 49.1 Å². The summed E-state index contributed by atoms with van der Waals surface area (Å²) in [6, 6.07) is 4.41. The van der Waals surface area contributed by atoms with Gasteiger partial charge in [0.2, 0.25) is 0 Å². The fourth-order valence-electron chi connectivity index (χ4n) is 3.01. The van der Waals surface area contributed by atoms with Crippen LogP contribution in [0.15, 0.2) is 24.7 Å². The van der Waals surface area contributed by atoms with Crippen molar-refractivity contribution in [2.24, 2.45) is 7.05 Å². The maximum atomic E-state index is 9.45. The number of aliphatic hydroxyl groups is 1. The summed E-state index contributed by atoms with van der Waals surface area (Å²) in [6.07, 6.45) is 3.69. The van der Waals surface area contributed by atoms with Crippen molar-refractivity contribution in [3.8, 4) is 5.75 Å². The molecule has 0 radical (unpaired) electrons. The van der Waals surface area contributed by atoms with Gasteiger partial charge < -0.3 is 19.5 Å². The molecule has 0 aliphatic carbocycles. The van der Waals surface area contributed by atoms with Gasteiger partial charge in [-0.15, -0.1) is 0 Å². The van der Waals surface area contributed by atoms with Crippen molar-refractivity contribution in [1.29, 1.82) is 0 Å². The highest BCUT2D eigenvalue weighted by molar-refractivity contribution is 5.44. The van der Waals surface area contributed by atoms with Crippen molar-refractivity contribution < 1.29 is 19.7 Å². The van der Waals surface area contributed by atoms with Crippen LogP contribution in [0.25, 0.3) is 0 Å². The number of carboxylic acid groups (broad SMARTS) is 1. The summed E-state index contributed by atoms with van der Waals surface area (Å²) in [5.41, 5.74) is 4.89. The van der Waals surface area contributed by atoms with Gasteiger partial charge in [0.1, 0.15) is 5.75 Å². The monoisotopic (exact) mass is 391 g/mol. The molecule has 0 aliphatic heterocycles. The minimum absolute atomic E-state index is 0.144. The maximum absolute atomic E-state index is 9.45. The van der Waals surface area contributed by atoms with Gasteiger partial charge in [0.15, 0.2) is 0 Å². The molecule has 1 aromatic carbocycles. The number of aliphatic hydroxyl groups excluding tert-OH is 1. The van der Waals surface area contributed by atoms with E-state index < -0.39 is 0 Å². The Morgan fingerprint density at radius 2 is 2.00 bits per heavy atom. The van der Waals surface area contributed by atoms with E-state index in [1.165, 1.54) is 16.7 Å². The lowest BCUT2D eigenvalue weighted by atomic mass is 9.96. The van der Waals surface area contributed by atoms with Crippen LogP contribution in [0, 0.1) is 6.92 Å². The molecule has 2 aromatic rings. The minimum atomic E-state index is -0.250. The van der Waals surface area contributed by atoms with Gasteiger partial charge in [-0.3, -0.25) is 9.69 Å². The van der Waals surface area contributed by atoms with Crippen LogP contribution in [0.3, 0.4) is 0 Å². The van der Waals surface area contributed by atoms with Crippen LogP contribution < -0.4 is 4.74 Å². The highest BCUT2D eigenvalue weighted by atomic mass is 16.5. The van der Waals surface area contributed by atoms with E-state index in [0.717, 1.165) is 24.5 Å². The van der Waals surface area contributed by atoms with Crippen molar-refractivity contribution >= 4 is 6.47 Å². The lowest BCUT2D eigenvalue weighted by Crippen LogP contribution is -2.27. The highest BCUT2D eigenvalue weighted by Crippen LogP contribution is 2.30. The molecule has 0 bridgehead atoms. The van der Waals surface area contributed by atoms with E-state index in [0.29, 0.717) is 19.1 Å². The first kappa shape index (κ1) is 23.7. The van der Waals surface area contributed by atoms with Gasteiger partial charge >= 0.3 is 0 Å². The van der Waals surface area contributed by atoms with Gasteiger partial charge in [-0.1, -0.05) is 19.9 Å². The van der Waals surface area contributed by atoms with Gasteiger partial charge in [-0.2, -0.15) is 0 Å². The Balaban J connectivity index is 0.00000122. The van der Waals surface area contributed by atoms with E-state index in [1.54, 1.807) is 0 Å². The largest absolute Gasteiger partial charge is 0.494 e. The second-order valence-corrected chi connectivity index (χ2v) is 6.94. The number of benzene rings is 1. The van der Waals surface area contributed by atoms with Gasteiger partial charge in [-0.25, -0.2) is 4.98 Å². The number of aromatic nitrogens is 2. The van der Waals surface area contributed by atoms with Crippen molar-refractivity contribution in [3.63, 3.8) is 0 Å². The van der Waals surface area contributed by atoms with Crippen molar-refractivity contribution in [2.75, 3.05) is 19.8 Å². The summed E-state index contributed by atoms with van der Waals surface area (Å²) >= 11 is 0. The molecule has 28 heavy (non-hydrogen) atoms. The van der Waals surface area contributed by atoms with Crippen molar-refractivity contribution in [2.45, 2.75) is 46.7 Å². The zero-order chi connectivity index (χ0) is 21.1. The van der Waals surface area contributed by atoms with E-state index in [9.17, 15) is 5.11 Å². The molecule has 0 saturated carbocycles. The Morgan fingerprint density at radius 3 is 2.50 bits per heavy atom. The average molecular weight is 392 g/mol. The van der Waals surface area contributed by atoms with Crippen LogP contribution in [-0.2, 0) is 24.9 Å². The minimum Gasteiger partial charge on any atom is -0.494 e. The zero-order valence-corrected chi connectivity index (χ0v) is 17.6. The van der Waals surface area contributed by atoms with E-state index >= 15 is 0 Å². The molecule has 0 aliphatic rings. The van der Waals surface area contributed by atoms with E-state index in [-0.39, 0.29) is 13.1 Å². The van der Waals surface area contributed by atoms with Gasteiger partial charge in [0.25, 0.3) is 6.47 Å². The fraction of sp³-hybridized carbons (Fsp3) is 0.524. The van der Waals surface area contributed by atoms with Gasteiger partial charge in [0, 0.05) is 32.9 Å². The Kier molecular flexibility index (Phi) is 10.3. The van der Waals surface area contributed by atoms with Crippen LogP contribution in [0.4, 0.5) is 0 Å². The quantitative estimate of drug-likeness (QED) is 0.639. The van der Waals surface area contributed by atoms with Gasteiger partial charge in [-0.05, 0) is 42.5 Å². The molecule has 2 N–H and O–H groups in total. The summed E-state index contributed by atoms with van der Waals surface area (Å²) in [5.74, 6) is 1.39. The summed E-state index contributed by atoms with van der Waals surface area (Å²) in [7, 11) is 2.00. The third-order valence-corrected chi connectivity index (χ3v) is 4.50. The number of hydrogen-bond acceptors (Lipinski definition) is 5. The second-order valence-electron chi connectivity index (χ2n) is 6.94. The molecule has 0 saturated heterocycles. The van der Waals surface area contributed by atoms with Gasteiger partial charge in [0.05, 0.1) is 25.2 Å². The third kappa shape index (κ3) is 6.98. The molecular formula is C21H33N3O4. The molecular weight excluding hydrogens is 358 g/mol. The first-order valence-corrected chi connectivity index (χ1v) is 9.50. The summed E-state index contributed by atoms with van der Waals surface area (Å²) in [4.78, 5) is 14.8. The number of ether oxygens (including phenoxy) is 1. The smallest absolute Gasteiger partial charge is 0.290 e. The van der Waals surface area contributed by atoms with E-state index in [2.05, 4.69) is 42.8 Å². The molecule has 0 unspecified atom stereocenters. The third-order valence-electron chi connectivity index (χ3n) is 4.50. The normalized spacial score (nSPS) is 10.7. The SMILES string of the molecule is CCOc1cc(C)c(CN(CCO)Cc2cncn2C)cc1C(C)C.O=CO. The van der Waals surface area contributed by atoms with Crippen molar-refractivity contribution in [1.82, 2.24) is 14.5 Å². The zero-order valence-electron chi connectivity index (χ0n) is 17.6. The number of rotatable bonds is 9. The molecule has 0 amide bonds. The second kappa shape index (κ2) is 12.2. The summed E-state index contributed by atoms with van der Waals surface area (Å²) in [5, 5.41) is 16.3. The molecule has 0 spiro atoms. The molecule has 2 rings (SSSR count). The molecule has 0 fully saturated rings. The number of hydrogen-bond donors (Lipinski definition) is 2. The Bertz CT molecular complexity index is 728. The Labute approximate surface area is 167 Å². The van der Waals surface area contributed by atoms with E-state index in [1.807, 2.05) is 31.1 Å². The van der Waals surface area contributed by atoms with Crippen LogP contribution in [-0.4, -0.2) is 50.9 Å². The number of nitrogens with zero attached hydrogens (tertiary/aromatic N) is 3. The summed E-state index contributed by atoms with van der Waals surface area (Å²) in [6.45, 7) is 11.3. The Morgan fingerprint density at radius 1 is 1.32 bits per heavy atom. The molecule has 156 valence electrons. The first-order chi connectivity index (χ1) is 13.4. The van der Waals surface area contributed by atoms with E-state index in [4.69, 9.17) is 14.6 Å². The summed E-state index contributed by atoms with van der Waals surface area (Å²) < 4.78 is 7.85. The predicted molar refractivity (Wildman–Crippen MR) is 110 cm³/mol. The van der Waals surface area contributed by atoms with Crippen molar-refractivity contribution in [3.05, 3.63) is 47.0 Å². The van der Waals surface area contributed by atoms with Crippen LogP contribution >= 0.6 is 0 Å². The maximum Gasteiger partial charge on any atom is 0.290 e. The van der Waals surface area contributed by atoms with Crippen LogP contribution in [0.2, 0.25) is 0 Å². The Hall–Kier alpha value is -2.38. The number of carbonyl (C=O) groups is 1.